The quantitative estimate of drug-likeness (QED) is 0.763. The van der Waals surface area contributed by atoms with Crippen molar-refractivity contribution in [2.24, 2.45) is 0 Å². The van der Waals surface area contributed by atoms with Crippen LogP contribution in [0.15, 0.2) is 54.6 Å². The van der Waals surface area contributed by atoms with Crippen LogP contribution in [0.1, 0.15) is 37.1 Å². The molecule has 0 aromatic heterocycles. The van der Waals surface area contributed by atoms with Gasteiger partial charge in [-0.15, -0.1) is 0 Å². The number of nitrogens with one attached hydrogen (secondary N) is 1. The predicted molar refractivity (Wildman–Crippen MR) is 94.7 cm³/mol. The molecule has 0 fully saturated rings. The summed E-state index contributed by atoms with van der Waals surface area (Å²) in [4.78, 5) is 0. The lowest BCUT2D eigenvalue weighted by Crippen LogP contribution is -2.32. The third kappa shape index (κ3) is 5.96. The fourth-order valence-corrected chi connectivity index (χ4v) is 2.54. The molecule has 0 aliphatic carbocycles. The van der Waals surface area contributed by atoms with Gasteiger partial charge in [-0.2, -0.15) is 0 Å². The number of aliphatic hydroxyl groups excluding tert-OH is 1. The van der Waals surface area contributed by atoms with E-state index in [2.05, 4.69) is 5.32 Å². The monoisotopic (exact) mass is 333 g/mol. The fraction of sp³-hybridized carbons (Fsp3) is 0.368. The number of rotatable bonds is 8. The van der Waals surface area contributed by atoms with Gasteiger partial charge in [0.1, 0.15) is 0 Å². The molecule has 0 radical (unpaired) electrons. The van der Waals surface area contributed by atoms with Crippen LogP contribution in [0.25, 0.3) is 0 Å². The minimum atomic E-state index is -0.553. The van der Waals surface area contributed by atoms with Crippen LogP contribution in [0.2, 0.25) is 5.02 Å². The largest absolute Gasteiger partial charge is 0.389 e. The average molecular weight is 334 g/mol. The molecule has 3 atom stereocenters. The van der Waals surface area contributed by atoms with Gasteiger partial charge in [-0.1, -0.05) is 54.1 Å². The van der Waals surface area contributed by atoms with Gasteiger partial charge >= 0.3 is 0 Å². The summed E-state index contributed by atoms with van der Waals surface area (Å²) in [6.45, 7) is 4.80. The minimum absolute atomic E-state index is 0.0313. The fourth-order valence-electron chi connectivity index (χ4n) is 2.34. The van der Waals surface area contributed by atoms with Crippen molar-refractivity contribution in [3.8, 4) is 0 Å². The second-order valence-corrected chi connectivity index (χ2v) is 6.16. The smallest absolute Gasteiger partial charge is 0.0898 e. The van der Waals surface area contributed by atoms with E-state index in [1.807, 2.05) is 68.4 Å². The van der Waals surface area contributed by atoms with Gasteiger partial charge in [-0.05, 0) is 37.1 Å². The topological polar surface area (TPSA) is 41.5 Å². The Hall–Kier alpha value is -1.39. The summed E-state index contributed by atoms with van der Waals surface area (Å²) in [5.74, 6) is 0. The van der Waals surface area contributed by atoms with Gasteiger partial charge < -0.3 is 15.2 Å². The molecule has 2 rings (SSSR count). The number of aliphatic hydroxyl groups is 1. The van der Waals surface area contributed by atoms with Crippen LogP contribution in [0.3, 0.4) is 0 Å². The number of halogens is 1. The SMILES string of the molecule is CC(NCC(O)COC(C)c1ccccc1)c1cccc(Cl)c1. The Morgan fingerprint density at radius 3 is 2.43 bits per heavy atom. The Morgan fingerprint density at radius 2 is 1.74 bits per heavy atom. The predicted octanol–water partition coefficient (Wildman–Crippen LogP) is 4.13. The molecule has 0 heterocycles. The zero-order chi connectivity index (χ0) is 16.7. The van der Waals surface area contributed by atoms with Gasteiger partial charge in [-0.25, -0.2) is 0 Å². The van der Waals surface area contributed by atoms with E-state index in [9.17, 15) is 5.11 Å². The van der Waals surface area contributed by atoms with E-state index in [0.29, 0.717) is 13.2 Å². The molecule has 2 aromatic rings. The molecule has 0 spiro atoms. The Kier molecular flexibility index (Phi) is 7.06. The highest BCUT2D eigenvalue weighted by molar-refractivity contribution is 6.30. The van der Waals surface area contributed by atoms with E-state index in [1.54, 1.807) is 0 Å². The highest BCUT2D eigenvalue weighted by atomic mass is 35.5. The van der Waals surface area contributed by atoms with E-state index >= 15 is 0 Å². The van der Waals surface area contributed by atoms with Gasteiger partial charge in [0.2, 0.25) is 0 Å². The van der Waals surface area contributed by atoms with Gasteiger partial charge in [0.05, 0.1) is 18.8 Å². The van der Waals surface area contributed by atoms with Crippen LogP contribution >= 0.6 is 11.6 Å². The van der Waals surface area contributed by atoms with E-state index in [1.165, 1.54) is 0 Å². The van der Waals surface area contributed by atoms with Gasteiger partial charge in [-0.3, -0.25) is 0 Å². The first-order chi connectivity index (χ1) is 11.1. The van der Waals surface area contributed by atoms with Crippen LogP contribution in [-0.4, -0.2) is 24.4 Å². The van der Waals surface area contributed by atoms with Crippen molar-refractivity contribution in [2.75, 3.05) is 13.2 Å². The standard InChI is InChI=1S/C19H24ClNO2/c1-14(17-9-6-10-18(20)11-17)21-12-19(22)13-23-15(2)16-7-4-3-5-8-16/h3-11,14-15,19,21-22H,12-13H2,1-2H3. The number of hydrogen-bond acceptors (Lipinski definition) is 3. The van der Waals surface area contributed by atoms with Crippen molar-refractivity contribution in [3.05, 3.63) is 70.7 Å². The highest BCUT2D eigenvalue weighted by Gasteiger charge is 2.12. The Labute approximate surface area is 143 Å². The molecule has 2 N–H and O–H groups in total. The van der Waals surface area contributed by atoms with E-state index in [4.69, 9.17) is 16.3 Å². The molecule has 3 unspecified atom stereocenters. The molecular formula is C19H24ClNO2. The Balaban J connectivity index is 1.73. The molecule has 0 aliphatic rings. The maximum Gasteiger partial charge on any atom is 0.0898 e. The third-order valence-corrected chi connectivity index (χ3v) is 4.05. The van der Waals surface area contributed by atoms with Crippen LogP contribution in [0.4, 0.5) is 0 Å². The molecule has 4 heteroatoms. The average Bonchev–Trinajstić information content (AvgIpc) is 2.58. The number of hydrogen-bond donors (Lipinski definition) is 2. The summed E-state index contributed by atoms with van der Waals surface area (Å²) in [5, 5.41) is 14.1. The lowest BCUT2D eigenvalue weighted by atomic mass is 10.1. The molecular weight excluding hydrogens is 310 g/mol. The Bertz CT molecular complexity index is 591. The first-order valence-corrected chi connectivity index (χ1v) is 8.27. The first kappa shape index (κ1) is 18.0. The van der Waals surface area contributed by atoms with Gasteiger partial charge in [0.15, 0.2) is 0 Å². The molecule has 3 nitrogen and oxygen atoms in total. The number of ether oxygens (including phenoxy) is 1. The summed E-state index contributed by atoms with van der Waals surface area (Å²) in [7, 11) is 0. The zero-order valence-electron chi connectivity index (χ0n) is 13.6. The van der Waals surface area contributed by atoms with Crippen molar-refractivity contribution in [1.82, 2.24) is 5.32 Å². The summed E-state index contributed by atoms with van der Waals surface area (Å²) in [6, 6.07) is 17.8. The van der Waals surface area contributed by atoms with Crippen molar-refractivity contribution in [2.45, 2.75) is 32.1 Å². The van der Waals surface area contributed by atoms with Crippen molar-refractivity contribution >= 4 is 11.6 Å². The molecule has 23 heavy (non-hydrogen) atoms. The zero-order valence-corrected chi connectivity index (χ0v) is 14.3. The summed E-state index contributed by atoms with van der Waals surface area (Å²) in [6.07, 6.45) is -0.584. The van der Waals surface area contributed by atoms with Crippen molar-refractivity contribution in [1.29, 1.82) is 0 Å². The normalized spacial score (nSPS) is 15.1. The molecule has 124 valence electrons. The van der Waals surface area contributed by atoms with E-state index in [-0.39, 0.29) is 12.1 Å². The second kappa shape index (κ2) is 9.04. The summed E-state index contributed by atoms with van der Waals surface area (Å²) in [5.41, 5.74) is 2.21. The molecule has 0 saturated heterocycles. The summed E-state index contributed by atoms with van der Waals surface area (Å²) >= 11 is 6.00. The molecule has 0 aliphatic heterocycles. The molecule has 2 aromatic carbocycles. The second-order valence-electron chi connectivity index (χ2n) is 5.73. The van der Waals surface area contributed by atoms with Gasteiger partial charge in [0, 0.05) is 17.6 Å². The molecule has 0 amide bonds. The third-order valence-electron chi connectivity index (χ3n) is 3.82. The first-order valence-electron chi connectivity index (χ1n) is 7.89. The van der Waals surface area contributed by atoms with Crippen molar-refractivity contribution < 1.29 is 9.84 Å². The van der Waals surface area contributed by atoms with Crippen LogP contribution < -0.4 is 5.32 Å². The van der Waals surface area contributed by atoms with Crippen molar-refractivity contribution in [3.63, 3.8) is 0 Å². The van der Waals surface area contributed by atoms with E-state index < -0.39 is 6.10 Å². The van der Waals surface area contributed by atoms with Crippen LogP contribution in [-0.2, 0) is 4.74 Å². The summed E-state index contributed by atoms with van der Waals surface area (Å²) < 4.78 is 5.74. The van der Waals surface area contributed by atoms with Crippen LogP contribution in [0.5, 0.6) is 0 Å². The Morgan fingerprint density at radius 1 is 1.04 bits per heavy atom. The maximum atomic E-state index is 10.1. The van der Waals surface area contributed by atoms with Gasteiger partial charge in [0.25, 0.3) is 0 Å². The lowest BCUT2D eigenvalue weighted by Gasteiger charge is -2.20. The maximum absolute atomic E-state index is 10.1. The molecule has 0 bridgehead atoms. The number of benzene rings is 2. The lowest BCUT2D eigenvalue weighted by molar-refractivity contribution is -0.00276. The van der Waals surface area contributed by atoms with E-state index in [0.717, 1.165) is 16.1 Å². The highest BCUT2D eigenvalue weighted by Crippen LogP contribution is 2.18. The molecule has 0 saturated carbocycles. The van der Waals surface area contributed by atoms with Crippen LogP contribution in [0, 0.1) is 0 Å². The minimum Gasteiger partial charge on any atom is -0.389 e.